The average Bonchev–Trinajstić information content (AvgIpc) is 3.53. The highest BCUT2D eigenvalue weighted by Crippen LogP contribution is 2.20. The zero-order valence-electron chi connectivity index (χ0n) is 15.7. The molecule has 2 fully saturated rings. The van der Waals surface area contributed by atoms with E-state index in [2.05, 4.69) is 32.2 Å². The lowest BCUT2D eigenvalue weighted by atomic mass is 10.2. The maximum absolute atomic E-state index is 12.1. The molecule has 1 aromatic heterocycles. The van der Waals surface area contributed by atoms with Gasteiger partial charge in [0.15, 0.2) is 0 Å². The maximum atomic E-state index is 12.1. The molecule has 1 saturated carbocycles. The Morgan fingerprint density at radius 3 is 2.44 bits per heavy atom. The zero-order chi connectivity index (χ0) is 18.6. The van der Waals surface area contributed by atoms with Crippen LogP contribution in [0.1, 0.15) is 28.8 Å². The summed E-state index contributed by atoms with van der Waals surface area (Å²) < 4.78 is 5.21. The molecule has 142 valence electrons. The number of anilines is 1. The summed E-state index contributed by atoms with van der Waals surface area (Å²) in [6.07, 6.45) is 3.88. The van der Waals surface area contributed by atoms with E-state index in [9.17, 15) is 4.79 Å². The predicted molar refractivity (Wildman–Crippen MR) is 105 cm³/mol. The van der Waals surface area contributed by atoms with Gasteiger partial charge in [-0.05, 0) is 42.7 Å². The summed E-state index contributed by atoms with van der Waals surface area (Å²) in [6, 6.07) is 12.5. The monoisotopic (exact) mass is 366 g/mol. The number of ether oxygens (including phenoxy) is 1. The Bertz CT molecular complexity index is 764. The molecule has 1 saturated heterocycles. The molecule has 1 N–H and O–H groups in total. The van der Waals surface area contributed by atoms with Crippen molar-refractivity contribution in [2.75, 3.05) is 38.2 Å². The van der Waals surface area contributed by atoms with Gasteiger partial charge < -0.3 is 15.0 Å². The van der Waals surface area contributed by atoms with Gasteiger partial charge >= 0.3 is 0 Å². The quantitative estimate of drug-likeness (QED) is 0.850. The van der Waals surface area contributed by atoms with Crippen LogP contribution < -0.4 is 15.0 Å². The number of methoxy groups -OCH3 is 1. The van der Waals surface area contributed by atoms with Crippen LogP contribution in [0.15, 0.2) is 42.6 Å². The number of carbonyl (C=O) groups is 1. The number of piperazine rings is 1. The number of hydrogen-bond donors (Lipinski definition) is 1. The first-order valence-electron chi connectivity index (χ1n) is 9.58. The van der Waals surface area contributed by atoms with Crippen molar-refractivity contribution in [1.82, 2.24) is 15.2 Å². The number of aromatic nitrogens is 1. The molecule has 0 radical (unpaired) electrons. The summed E-state index contributed by atoms with van der Waals surface area (Å²) in [5.41, 5.74) is 1.94. The minimum atomic E-state index is -0.0131. The van der Waals surface area contributed by atoms with Crippen LogP contribution in [-0.4, -0.2) is 55.1 Å². The van der Waals surface area contributed by atoms with Crippen LogP contribution in [0.2, 0.25) is 0 Å². The second-order valence-electron chi connectivity index (χ2n) is 7.26. The van der Waals surface area contributed by atoms with Crippen LogP contribution in [0.3, 0.4) is 0 Å². The highest BCUT2D eigenvalue weighted by Gasteiger charge is 2.24. The smallest absolute Gasteiger partial charge is 0.253 e. The van der Waals surface area contributed by atoms with Gasteiger partial charge in [-0.25, -0.2) is 4.98 Å². The van der Waals surface area contributed by atoms with Crippen molar-refractivity contribution in [3.8, 4) is 5.75 Å². The predicted octanol–water partition coefficient (Wildman–Crippen LogP) is 2.30. The van der Waals surface area contributed by atoms with Gasteiger partial charge in [0, 0.05) is 45.0 Å². The van der Waals surface area contributed by atoms with Gasteiger partial charge in [-0.2, -0.15) is 0 Å². The number of benzene rings is 1. The molecule has 2 aliphatic rings. The minimum absolute atomic E-state index is 0.0131. The number of nitrogens with zero attached hydrogens (tertiary/aromatic N) is 3. The number of hydrogen-bond acceptors (Lipinski definition) is 5. The second-order valence-corrected chi connectivity index (χ2v) is 7.26. The number of nitrogens with one attached hydrogen (secondary N) is 1. The fourth-order valence-electron chi connectivity index (χ4n) is 3.33. The highest BCUT2D eigenvalue weighted by atomic mass is 16.5. The summed E-state index contributed by atoms with van der Waals surface area (Å²) in [6.45, 7) is 4.83. The van der Waals surface area contributed by atoms with Gasteiger partial charge in [0.2, 0.25) is 0 Å². The average molecular weight is 366 g/mol. The molecule has 4 rings (SSSR count). The van der Waals surface area contributed by atoms with Gasteiger partial charge in [0.05, 0.1) is 12.7 Å². The number of pyridine rings is 1. The first-order chi connectivity index (χ1) is 13.2. The van der Waals surface area contributed by atoms with E-state index < -0.39 is 0 Å². The Labute approximate surface area is 160 Å². The van der Waals surface area contributed by atoms with Gasteiger partial charge in [-0.1, -0.05) is 12.1 Å². The molecule has 0 atom stereocenters. The first-order valence-corrected chi connectivity index (χ1v) is 9.58. The molecular weight excluding hydrogens is 340 g/mol. The van der Waals surface area contributed by atoms with E-state index in [0.29, 0.717) is 11.6 Å². The Kier molecular flexibility index (Phi) is 5.25. The van der Waals surface area contributed by atoms with E-state index in [1.165, 1.54) is 5.56 Å². The van der Waals surface area contributed by atoms with Crippen molar-refractivity contribution in [2.24, 2.45) is 0 Å². The Balaban J connectivity index is 1.28. The van der Waals surface area contributed by atoms with E-state index in [-0.39, 0.29) is 5.91 Å². The summed E-state index contributed by atoms with van der Waals surface area (Å²) in [5, 5.41) is 3.00. The maximum Gasteiger partial charge on any atom is 0.253 e. The minimum Gasteiger partial charge on any atom is -0.497 e. The number of amides is 1. The lowest BCUT2D eigenvalue weighted by Crippen LogP contribution is -2.46. The molecule has 0 bridgehead atoms. The molecule has 1 aromatic carbocycles. The molecule has 1 aliphatic carbocycles. The van der Waals surface area contributed by atoms with Crippen LogP contribution in [0.25, 0.3) is 0 Å². The lowest BCUT2D eigenvalue weighted by Gasteiger charge is -2.35. The standard InChI is InChI=1S/C21H26N4O2/c1-27-19-7-2-16(3-8-19)15-24-10-12-25(13-11-24)20-9-4-17(14-22-20)21(26)23-18-5-6-18/h2-4,7-9,14,18H,5-6,10-13,15H2,1H3,(H,23,26). The third kappa shape index (κ3) is 4.57. The second kappa shape index (κ2) is 7.96. The van der Waals surface area contributed by atoms with E-state index in [4.69, 9.17) is 4.74 Å². The van der Waals surface area contributed by atoms with E-state index >= 15 is 0 Å². The number of carbonyl (C=O) groups excluding carboxylic acids is 1. The SMILES string of the molecule is COc1ccc(CN2CCN(c3ccc(C(=O)NC4CC4)cn3)CC2)cc1. The molecular formula is C21H26N4O2. The topological polar surface area (TPSA) is 57.7 Å². The molecule has 2 heterocycles. The fourth-order valence-corrected chi connectivity index (χ4v) is 3.33. The molecule has 0 unspecified atom stereocenters. The van der Waals surface area contributed by atoms with E-state index in [0.717, 1.165) is 57.1 Å². The van der Waals surface area contributed by atoms with Gasteiger partial charge in [-0.3, -0.25) is 9.69 Å². The van der Waals surface area contributed by atoms with Crippen molar-refractivity contribution in [3.63, 3.8) is 0 Å². The summed E-state index contributed by atoms with van der Waals surface area (Å²) >= 11 is 0. The molecule has 6 nitrogen and oxygen atoms in total. The van der Waals surface area contributed by atoms with Gasteiger partial charge in [0.1, 0.15) is 11.6 Å². The van der Waals surface area contributed by atoms with E-state index in [1.807, 2.05) is 24.3 Å². The highest BCUT2D eigenvalue weighted by molar-refractivity contribution is 5.94. The molecule has 0 spiro atoms. The number of rotatable bonds is 6. The molecule has 1 amide bonds. The van der Waals surface area contributed by atoms with Crippen molar-refractivity contribution in [3.05, 3.63) is 53.7 Å². The summed E-state index contributed by atoms with van der Waals surface area (Å²) in [5.74, 6) is 1.83. The van der Waals surface area contributed by atoms with Crippen molar-refractivity contribution >= 4 is 11.7 Å². The van der Waals surface area contributed by atoms with Gasteiger partial charge in [0.25, 0.3) is 5.91 Å². The van der Waals surface area contributed by atoms with Gasteiger partial charge in [-0.15, -0.1) is 0 Å². The van der Waals surface area contributed by atoms with Crippen LogP contribution in [0.4, 0.5) is 5.82 Å². The van der Waals surface area contributed by atoms with Crippen molar-refractivity contribution < 1.29 is 9.53 Å². The summed E-state index contributed by atoms with van der Waals surface area (Å²) in [7, 11) is 1.69. The third-order valence-electron chi connectivity index (χ3n) is 5.18. The van der Waals surface area contributed by atoms with Crippen LogP contribution in [0, 0.1) is 0 Å². The molecule has 2 aromatic rings. The van der Waals surface area contributed by atoms with Crippen molar-refractivity contribution in [1.29, 1.82) is 0 Å². The Morgan fingerprint density at radius 1 is 1.11 bits per heavy atom. The normalized spacial score (nSPS) is 17.6. The van der Waals surface area contributed by atoms with Crippen LogP contribution in [0.5, 0.6) is 5.75 Å². The first kappa shape index (κ1) is 17.8. The largest absolute Gasteiger partial charge is 0.497 e. The zero-order valence-corrected chi connectivity index (χ0v) is 15.7. The Morgan fingerprint density at radius 2 is 1.85 bits per heavy atom. The van der Waals surface area contributed by atoms with Crippen LogP contribution >= 0.6 is 0 Å². The third-order valence-corrected chi connectivity index (χ3v) is 5.18. The molecule has 1 aliphatic heterocycles. The fraction of sp³-hybridized carbons (Fsp3) is 0.429. The van der Waals surface area contributed by atoms with Crippen LogP contribution in [-0.2, 0) is 6.54 Å². The lowest BCUT2D eigenvalue weighted by molar-refractivity contribution is 0.0950. The molecule has 27 heavy (non-hydrogen) atoms. The molecule has 6 heteroatoms. The van der Waals surface area contributed by atoms with E-state index in [1.54, 1.807) is 13.3 Å². The summed E-state index contributed by atoms with van der Waals surface area (Å²) in [4.78, 5) is 21.3. The Hall–Kier alpha value is -2.60. The van der Waals surface area contributed by atoms with Crippen molar-refractivity contribution in [2.45, 2.75) is 25.4 Å².